The van der Waals surface area contributed by atoms with Gasteiger partial charge in [-0.1, -0.05) is 25.1 Å². The first-order chi connectivity index (χ1) is 10.2. The number of piperidine rings is 1. The van der Waals surface area contributed by atoms with Crippen molar-refractivity contribution in [2.45, 2.75) is 33.2 Å². The number of carbonyl (C=O) groups is 1. The second-order valence-corrected chi connectivity index (χ2v) is 5.85. The van der Waals surface area contributed by atoms with Crippen molar-refractivity contribution in [3.8, 4) is 0 Å². The summed E-state index contributed by atoms with van der Waals surface area (Å²) in [6.45, 7) is 9.28. The van der Waals surface area contributed by atoms with Crippen molar-refractivity contribution in [1.29, 1.82) is 0 Å². The Morgan fingerprint density at radius 3 is 2.67 bits per heavy atom. The first-order valence-corrected chi connectivity index (χ1v) is 7.97. The van der Waals surface area contributed by atoms with Crippen molar-refractivity contribution in [3.05, 3.63) is 29.8 Å². The highest BCUT2D eigenvalue weighted by Gasteiger charge is 2.17. The van der Waals surface area contributed by atoms with Crippen LogP contribution in [0.15, 0.2) is 24.3 Å². The van der Waals surface area contributed by atoms with E-state index in [1.165, 1.54) is 32.5 Å². The van der Waals surface area contributed by atoms with Gasteiger partial charge < -0.3 is 15.5 Å². The van der Waals surface area contributed by atoms with Crippen LogP contribution in [0.5, 0.6) is 0 Å². The maximum Gasteiger partial charge on any atom is 0.221 e. The first kappa shape index (κ1) is 16.0. The lowest BCUT2D eigenvalue weighted by atomic mass is 9.97. The standard InChI is InChI=1S/C17H27N3O/c1-3-20-10-8-15(9-11-20)12-18-13-16-6-4-5-7-17(16)19-14(2)21/h4-7,15,18H,3,8-13H2,1-2H3,(H,19,21). The maximum absolute atomic E-state index is 11.2. The number of carbonyl (C=O) groups excluding carboxylic acids is 1. The highest BCUT2D eigenvalue weighted by molar-refractivity contribution is 5.89. The zero-order valence-corrected chi connectivity index (χ0v) is 13.2. The van der Waals surface area contributed by atoms with Gasteiger partial charge in [-0.05, 0) is 56.6 Å². The van der Waals surface area contributed by atoms with Crippen molar-refractivity contribution in [2.75, 3.05) is 31.5 Å². The summed E-state index contributed by atoms with van der Waals surface area (Å²) in [5.74, 6) is 0.759. The summed E-state index contributed by atoms with van der Waals surface area (Å²) in [5.41, 5.74) is 2.07. The van der Waals surface area contributed by atoms with E-state index >= 15 is 0 Å². The Bertz CT molecular complexity index is 453. The summed E-state index contributed by atoms with van der Waals surface area (Å²) in [7, 11) is 0. The molecule has 0 spiro atoms. The van der Waals surface area contributed by atoms with E-state index < -0.39 is 0 Å². The fraction of sp³-hybridized carbons (Fsp3) is 0.588. The van der Waals surface area contributed by atoms with Crippen LogP contribution in [0.2, 0.25) is 0 Å². The topological polar surface area (TPSA) is 44.4 Å². The Morgan fingerprint density at radius 1 is 1.29 bits per heavy atom. The van der Waals surface area contributed by atoms with Crippen LogP contribution in [0.3, 0.4) is 0 Å². The molecule has 4 heteroatoms. The molecule has 0 aromatic heterocycles. The van der Waals surface area contributed by atoms with Gasteiger partial charge in [-0.2, -0.15) is 0 Å². The smallest absolute Gasteiger partial charge is 0.221 e. The Labute approximate surface area is 127 Å². The third kappa shape index (κ3) is 5.14. The van der Waals surface area contributed by atoms with Gasteiger partial charge in [-0.3, -0.25) is 4.79 Å². The van der Waals surface area contributed by atoms with Crippen LogP contribution in [0.25, 0.3) is 0 Å². The zero-order valence-electron chi connectivity index (χ0n) is 13.2. The third-order valence-corrected chi connectivity index (χ3v) is 4.23. The van der Waals surface area contributed by atoms with E-state index in [0.717, 1.165) is 30.3 Å². The number of hydrogen-bond donors (Lipinski definition) is 2. The summed E-state index contributed by atoms with van der Waals surface area (Å²) < 4.78 is 0. The summed E-state index contributed by atoms with van der Waals surface area (Å²) >= 11 is 0. The lowest BCUT2D eigenvalue weighted by molar-refractivity contribution is -0.114. The van der Waals surface area contributed by atoms with Gasteiger partial charge in [-0.15, -0.1) is 0 Å². The number of anilines is 1. The molecule has 1 saturated heterocycles. The first-order valence-electron chi connectivity index (χ1n) is 7.97. The molecule has 0 bridgehead atoms. The van der Waals surface area contributed by atoms with Crippen molar-refractivity contribution >= 4 is 11.6 Å². The van der Waals surface area contributed by atoms with Crippen molar-refractivity contribution in [3.63, 3.8) is 0 Å². The van der Waals surface area contributed by atoms with E-state index in [4.69, 9.17) is 0 Å². The minimum absolute atomic E-state index is 0.0191. The van der Waals surface area contributed by atoms with E-state index in [9.17, 15) is 4.79 Å². The lowest BCUT2D eigenvalue weighted by Gasteiger charge is -2.31. The van der Waals surface area contributed by atoms with Gasteiger partial charge in [-0.25, -0.2) is 0 Å². The molecule has 0 radical (unpaired) electrons. The summed E-state index contributed by atoms with van der Waals surface area (Å²) in [6.07, 6.45) is 2.57. The highest BCUT2D eigenvalue weighted by Crippen LogP contribution is 2.17. The van der Waals surface area contributed by atoms with E-state index in [0.29, 0.717) is 0 Å². The van der Waals surface area contributed by atoms with Gasteiger partial charge in [0.1, 0.15) is 0 Å². The van der Waals surface area contributed by atoms with E-state index in [1.54, 1.807) is 6.92 Å². The SMILES string of the molecule is CCN1CCC(CNCc2ccccc2NC(C)=O)CC1. The number of para-hydroxylation sites is 1. The van der Waals surface area contributed by atoms with Crippen LogP contribution in [0.1, 0.15) is 32.3 Å². The number of nitrogens with one attached hydrogen (secondary N) is 2. The fourth-order valence-electron chi connectivity index (χ4n) is 2.90. The Hall–Kier alpha value is -1.39. The van der Waals surface area contributed by atoms with Crippen LogP contribution in [0, 0.1) is 5.92 Å². The van der Waals surface area contributed by atoms with Crippen LogP contribution in [0.4, 0.5) is 5.69 Å². The summed E-state index contributed by atoms with van der Waals surface area (Å²) in [5, 5.41) is 6.44. The third-order valence-electron chi connectivity index (χ3n) is 4.23. The number of amides is 1. The van der Waals surface area contributed by atoms with Crippen LogP contribution in [-0.2, 0) is 11.3 Å². The van der Waals surface area contributed by atoms with E-state index in [-0.39, 0.29) is 5.91 Å². The van der Waals surface area contributed by atoms with Gasteiger partial charge in [0.25, 0.3) is 0 Å². The molecule has 0 saturated carbocycles. The second-order valence-electron chi connectivity index (χ2n) is 5.85. The normalized spacial score (nSPS) is 16.9. The predicted molar refractivity (Wildman–Crippen MR) is 87.3 cm³/mol. The number of rotatable bonds is 6. The van der Waals surface area contributed by atoms with E-state index in [1.807, 2.05) is 18.2 Å². The quantitative estimate of drug-likeness (QED) is 0.845. The number of benzene rings is 1. The van der Waals surface area contributed by atoms with Gasteiger partial charge in [0.15, 0.2) is 0 Å². The molecule has 0 atom stereocenters. The molecule has 1 aromatic rings. The number of hydrogen-bond acceptors (Lipinski definition) is 3. The van der Waals surface area contributed by atoms with Crippen LogP contribution < -0.4 is 10.6 Å². The average Bonchev–Trinajstić information content (AvgIpc) is 2.49. The average molecular weight is 289 g/mol. The molecular weight excluding hydrogens is 262 g/mol. The molecule has 4 nitrogen and oxygen atoms in total. The molecule has 1 aliphatic rings. The van der Waals surface area contributed by atoms with Gasteiger partial charge in [0.05, 0.1) is 0 Å². The Kier molecular flexibility index (Phi) is 6.21. The van der Waals surface area contributed by atoms with E-state index in [2.05, 4.69) is 28.5 Å². The molecule has 1 aliphatic heterocycles. The molecule has 1 aromatic carbocycles. The Balaban J connectivity index is 1.77. The van der Waals surface area contributed by atoms with Gasteiger partial charge in [0.2, 0.25) is 5.91 Å². The second kappa shape index (κ2) is 8.15. The van der Waals surface area contributed by atoms with Crippen molar-refractivity contribution in [2.24, 2.45) is 5.92 Å². The largest absolute Gasteiger partial charge is 0.326 e. The molecule has 21 heavy (non-hydrogen) atoms. The monoisotopic (exact) mass is 289 g/mol. The Morgan fingerprint density at radius 2 is 2.00 bits per heavy atom. The molecule has 1 amide bonds. The number of nitrogens with zero attached hydrogens (tertiary/aromatic N) is 1. The van der Waals surface area contributed by atoms with Crippen molar-refractivity contribution < 1.29 is 4.79 Å². The molecule has 1 heterocycles. The summed E-state index contributed by atoms with van der Waals surface area (Å²) in [4.78, 5) is 13.7. The minimum Gasteiger partial charge on any atom is -0.326 e. The van der Waals surface area contributed by atoms with Crippen molar-refractivity contribution in [1.82, 2.24) is 10.2 Å². The molecular formula is C17H27N3O. The lowest BCUT2D eigenvalue weighted by Crippen LogP contribution is -2.37. The van der Waals surface area contributed by atoms with Crippen LogP contribution in [-0.4, -0.2) is 37.0 Å². The zero-order chi connectivity index (χ0) is 15.1. The minimum atomic E-state index is -0.0191. The molecule has 116 valence electrons. The highest BCUT2D eigenvalue weighted by atomic mass is 16.1. The molecule has 2 rings (SSSR count). The molecule has 2 N–H and O–H groups in total. The molecule has 0 unspecified atom stereocenters. The molecule has 0 aliphatic carbocycles. The molecule has 1 fully saturated rings. The number of likely N-dealkylation sites (tertiary alicyclic amines) is 1. The van der Waals surface area contributed by atoms with Gasteiger partial charge >= 0.3 is 0 Å². The summed E-state index contributed by atoms with van der Waals surface area (Å²) in [6, 6.07) is 7.99. The maximum atomic E-state index is 11.2. The predicted octanol–water partition coefficient (Wildman–Crippen LogP) is 2.47. The van der Waals surface area contributed by atoms with Crippen LogP contribution >= 0.6 is 0 Å². The fourth-order valence-corrected chi connectivity index (χ4v) is 2.90. The van der Waals surface area contributed by atoms with Gasteiger partial charge in [0, 0.05) is 19.2 Å².